The molecule has 1 heterocycles. The number of methoxy groups -OCH3 is 1. The Morgan fingerprint density at radius 1 is 1.41 bits per heavy atom. The number of ether oxygens (including phenoxy) is 1. The summed E-state index contributed by atoms with van der Waals surface area (Å²) in [5, 5.41) is 8.68. The van der Waals surface area contributed by atoms with Crippen molar-refractivity contribution in [3.63, 3.8) is 0 Å². The first kappa shape index (κ1) is 13.5. The van der Waals surface area contributed by atoms with E-state index < -0.39 is 0 Å². The van der Waals surface area contributed by atoms with E-state index in [4.69, 9.17) is 27.5 Å². The summed E-state index contributed by atoms with van der Waals surface area (Å²) in [6.45, 7) is 0. The van der Waals surface area contributed by atoms with Crippen molar-refractivity contribution in [1.82, 2.24) is 4.98 Å². The van der Waals surface area contributed by atoms with Gasteiger partial charge >= 0.3 is 0 Å². The highest BCUT2D eigenvalue weighted by molar-refractivity contribution is 6.32. The molecular formula is C11H11Cl2N3O. The number of hydrogen-bond donors (Lipinski definition) is 2. The minimum atomic E-state index is -0.0613. The molecule has 0 aliphatic heterocycles. The molecular weight excluding hydrogens is 261 g/mol. The van der Waals surface area contributed by atoms with Crippen LogP contribution in [0.15, 0.2) is 24.3 Å². The van der Waals surface area contributed by atoms with Gasteiger partial charge in [0, 0.05) is 5.39 Å². The molecule has 2 rings (SSSR count). The standard InChI is InChI=1S/C11H10ClN3O.ClH/c1-16-10-4-6-2-3-8(11(13)14)15-9(6)5-7(10)12;/h2-5H,1H3,(H3,13,14);1H. The third-order valence-corrected chi connectivity index (χ3v) is 2.53. The molecule has 0 atom stereocenters. The lowest BCUT2D eigenvalue weighted by Gasteiger charge is -2.06. The van der Waals surface area contributed by atoms with Gasteiger partial charge in [0.1, 0.15) is 17.3 Å². The number of nitrogen functional groups attached to an aromatic ring is 1. The van der Waals surface area contributed by atoms with Gasteiger partial charge in [0.05, 0.1) is 17.6 Å². The molecule has 17 heavy (non-hydrogen) atoms. The fraction of sp³-hybridized carbons (Fsp3) is 0.0909. The fourth-order valence-corrected chi connectivity index (χ4v) is 1.67. The molecule has 6 heteroatoms. The van der Waals surface area contributed by atoms with Crippen LogP contribution in [0.3, 0.4) is 0 Å². The number of aromatic nitrogens is 1. The molecule has 2 aromatic rings. The van der Waals surface area contributed by atoms with Gasteiger partial charge in [-0.15, -0.1) is 12.4 Å². The highest BCUT2D eigenvalue weighted by Gasteiger charge is 2.06. The zero-order chi connectivity index (χ0) is 11.7. The molecule has 0 spiro atoms. The van der Waals surface area contributed by atoms with Crippen molar-refractivity contribution < 1.29 is 4.74 Å². The maximum Gasteiger partial charge on any atom is 0.141 e. The number of fused-ring (bicyclic) bond motifs is 1. The average Bonchev–Trinajstić information content (AvgIpc) is 2.27. The number of halogens is 2. The van der Waals surface area contributed by atoms with Crippen LogP contribution in [0.1, 0.15) is 5.69 Å². The molecule has 90 valence electrons. The molecule has 0 aliphatic carbocycles. The third kappa shape index (κ3) is 2.60. The predicted octanol–water partition coefficient (Wildman–Crippen LogP) is 2.60. The topological polar surface area (TPSA) is 72.0 Å². The second-order valence-electron chi connectivity index (χ2n) is 3.29. The molecule has 0 amide bonds. The lowest BCUT2D eigenvalue weighted by atomic mass is 10.2. The number of amidine groups is 1. The van der Waals surface area contributed by atoms with Crippen LogP contribution < -0.4 is 10.5 Å². The summed E-state index contributed by atoms with van der Waals surface area (Å²) < 4.78 is 5.10. The first-order valence-corrected chi connectivity index (χ1v) is 4.98. The highest BCUT2D eigenvalue weighted by Crippen LogP contribution is 2.28. The predicted molar refractivity (Wildman–Crippen MR) is 71.6 cm³/mol. The van der Waals surface area contributed by atoms with E-state index >= 15 is 0 Å². The SMILES string of the molecule is COc1cc2ccc(C(=N)N)nc2cc1Cl.Cl. The maximum absolute atomic E-state index is 7.30. The van der Waals surface area contributed by atoms with Crippen molar-refractivity contribution in [3.05, 3.63) is 35.0 Å². The van der Waals surface area contributed by atoms with Crippen LogP contribution in [-0.2, 0) is 0 Å². The van der Waals surface area contributed by atoms with Gasteiger partial charge in [-0.05, 0) is 18.2 Å². The fourth-order valence-electron chi connectivity index (χ4n) is 1.43. The summed E-state index contributed by atoms with van der Waals surface area (Å²) >= 11 is 5.99. The number of benzene rings is 1. The summed E-state index contributed by atoms with van der Waals surface area (Å²) in [5.74, 6) is 0.542. The smallest absolute Gasteiger partial charge is 0.141 e. The van der Waals surface area contributed by atoms with Crippen molar-refractivity contribution in [3.8, 4) is 5.75 Å². The molecule has 0 saturated heterocycles. The summed E-state index contributed by atoms with van der Waals surface area (Å²) in [7, 11) is 1.56. The van der Waals surface area contributed by atoms with Crippen LogP contribution in [0.2, 0.25) is 5.02 Å². The first-order chi connectivity index (χ1) is 7.61. The number of nitrogens with one attached hydrogen (secondary N) is 1. The van der Waals surface area contributed by atoms with E-state index in [0.717, 1.165) is 5.39 Å². The Hall–Kier alpha value is -1.52. The second-order valence-corrected chi connectivity index (χ2v) is 3.70. The van der Waals surface area contributed by atoms with Crippen LogP contribution in [-0.4, -0.2) is 17.9 Å². The zero-order valence-electron chi connectivity index (χ0n) is 9.03. The normalized spacial score (nSPS) is 9.76. The van der Waals surface area contributed by atoms with Crippen LogP contribution in [0, 0.1) is 5.41 Å². The number of nitrogens with zero attached hydrogens (tertiary/aromatic N) is 1. The molecule has 0 saturated carbocycles. The van der Waals surface area contributed by atoms with E-state index in [1.807, 2.05) is 6.07 Å². The van der Waals surface area contributed by atoms with Crippen molar-refractivity contribution in [1.29, 1.82) is 5.41 Å². The van der Waals surface area contributed by atoms with Gasteiger partial charge in [0.2, 0.25) is 0 Å². The highest BCUT2D eigenvalue weighted by atomic mass is 35.5. The van der Waals surface area contributed by atoms with Crippen LogP contribution in [0.25, 0.3) is 10.9 Å². The van der Waals surface area contributed by atoms with E-state index in [9.17, 15) is 0 Å². The monoisotopic (exact) mass is 271 g/mol. The lowest BCUT2D eigenvalue weighted by Crippen LogP contribution is -2.12. The molecule has 0 aliphatic rings. The van der Waals surface area contributed by atoms with Gasteiger partial charge in [-0.25, -0.2) is 4.98 Å². The van der Waals surface area contributed by atoms with Gasteiger partial charge in [-0.2, -0.15) is 0 Å². The molecule has 4 nitrogen and oxygen atoms in total. The Bertz CT molecular complexity index is 572. The molecule has 3 N–H and O–H groups in total. The molecule has 1 aromatic heterocycles. The Balaban J connectivity index is 0.00000144. The van der Waals surface area contributed by atoms with Crippen molar-refractivity contribution in [2.24, 2.45) is 5.73 Å². The summed E-state index contributed by atoms with van der Waals surface area (Å²) in [6, 6.07) is 7.02. The van der Waals surface area contributed by atoms with Gasteiger partial charge in [-0.3, -0.25) is 5.41 Å². The van der Waals surface area contributed by atoms with Gasteiger partial charge in [0.15, 0.2) is 0 Å². The largest absolute Gasteiger partial charge is 0.495 e. The van der Waals surface area contributed by atoms with E-state index in [1.165, 1.54) is 0 Å². The van der Waals surface area contributed by atoms with Crippen molar-refractivity contribution in [2.75, 3.05) is 7.11 Å². The van der Waals surface area contributed by atoms with Crippen molar-refractivity contribution >= 4 is 40.7 Å². The number of pyridine rings is 1. The number of hydrogen-bond acceptors (Lipinski definition) is 3. The molecule has 1 aromatic carbocycles. The maximum atomic E-state index is 7.30. The van der Waals surface area contributed by atoms with Crippen molar-refractivity contribution in [2.45, 2.75) is 0 Å². The van der Waals surface area contributed by atoms with Gasteiger partial charge in [-0.1, -0.05) is 17.7 Å². The van der Waals surface area contributed by atoms with Crippen LogP contribution in [0.5, 0.6) is 5.75 Å². The Morgan fingerprint density at radius 3 is 2.71 bits per heavy atom. The third-order valence-electron chi connectivity index (χ3n) is 2.24. The Morgan fingerprint density at radius 2 is 2.12 bits per heavy atom. The molecule has 0 fully saturated rings. The first-order valence-electron chi connectivity index (χ1n) is 4.60. The van der Waals surface area contributed by atoms with Crippen LogP contribution in [0.4, 0.5) is 0 Å². The molecule has 0 bridgehead atoms. The Kier molecular flexibility index (Phi) is 4.15. The average molecular weight is 272 g/mol. The summed E-state index contributed by atoms with van der Waals surface area (Å²) in [5.41, 5.74) is 6.49. The minimum Gasteiger partial charge on any atom is -0.495 e. The molecule has 0 unspecified atom stereocenters. The van der Waals surface area contributed by atoms with E-state index in [2.05, 4.69) is 4.98 Å². The number of nitrogens with two attached hydrogens (primary N) is 1. The van der Waals surface area contributed by atoms with Gasteiger partial charge < -0.3 is 10.5 Å². The minimum absolute atomic E-state index is 0. The van der Waals surface area contributed by atoms with Crippen LogP contribution >= 0.6 is 24.0 Å². The van der Waals surface area contributed by atoms with E-state index in [-0.39, 0.29) is 18.2 Å². The lowest BCUT2D eigenvalue weighted by molar-refractivity contribution is 0.415. The second kappa shape index (κ2) is 5.21. The van der Waals surface area contributed by atoms with E-state index in [1.54, 1.807) is 25.3 Å². The summed E-state index contributed by atoms with van der Waals surface area (Å²) in [6.07, 6.45) is 0. The van der Waals surface area contributed by atoms with Gasteiger partial charge in [0.25, 0.3) is 0 Å². The number of rotatable bonds is 2. The molecule has 0 radical (unpaired) electrons. The van der Waals surface area contributed by atoms with E-state index in [0.29, 0.717) is 22.0 Å². The quantitative estimate of drug-likeness (QED) is 0.652. The zero-order valence-corrected chi connectivity index (χ0v) is 10.6. The summed E-state index contributed by atoms with van der Waals surface area (Å²) in [4.78, 5) is 4.22. The Labute approximate surface area is 110 Å².